The molecule has 0 unspecified atom stereocenters. The molecule has 7 nitrogen and oxygen atoms in total. The second kappa shape index (κ2) is 6.51. The standard InChI is InChI=1S/C16H19N3O4/c1-9-14(23-10(2)17-9)15(20)18-11-6-7-13(22-5)12(8-11)16(21)19(3)4/h6-8H,1-5H3,(H,18,20). The smallest absolute Gasteiger partial charge is 0.293 e. The lowest BCUT2D eigenvalue weighted by atomic mass is 10.1. The lowest BCUT2D eigenvalue weighted by Gasteiger charge is -2.14. The first kappa shape index (κ1) is 16.5. The van der Waals surface area contributed by atoms with Gasteiger partial charge in [0, 0.05) is 26.7 Å². The van der Waals surface area contributed by atoms with E-state index in [1.165, 1.54) is 12.0 Å². The van der Waals surface area contributed by atoms with E-state index < -0.39 is 5.91 Å². The van der Waals surface area contributed by atoms with Gasteiger partial charge in [0.2, 0.25) is 5.76 Å². The van der Waals surface area contributed by atoms with Gasteiger partial charge in [0.15, 0.2) is 5.89 Å². The van der Waals surface area contributed by atoms with Crippen LogP contribution in [0.4, 0.5) is 5.69 Å². The molecule has 1 aromatic carbocycles. The van der Waals surface area contributed by atoms with Gasteiger partial charge < -0.3 is 19.4 Å². The number of amides is 2. The molecule has 0 aliphatic rings. The number of aromatic nitrogens is 1. The molecule has 0 bridgehead atoms. The van der Waals surface area contributed by atoms with Gasteiger partial charge in [-0.1, -0.05) is 0 Å². The first-order valence-corrected chi connectivity index (χ1v) is 6.98. The summed E-state index contributed by atoms with van der Waals surface area (Å²) >= 11 is 0. The van der Waals surface area contributed by atoms with Crippen molar-refractivity contribution in [2.24, 2.45) is 0 Å². The molecular formula is C16H19N3O4. The number of nitrogens with zero attached hydrogens (tertiary/aromatic N) is 2. The fourth-order valence-electron chi connectivity index (χ4n) is 2.12. The van der Waals surface area contributed by atoms with E-state index in [4.69, 9.17) is 9.15 Å². The van der Waals surface area contributed by atoms with Crippen LogP contribution in [-0.4, -0.2) is 42.9 Å². The van der Waals surface area contributed by atoms with Gasteiger partial charge in [-0.15, -0.1) is 0 Å². The Hall–Kier alpha value is -2.83. The summed E-state index contributed by atoms with van der Waals surface area (Å²) in [5, 5.41) is 2.70. The van der Waals surface area contributed by atoms with E-state index in [9.17, 15) is 9.59 Å². The third-order valence-electron chi connectivity index (χ3n) is 3.20. The number of hydrogen-bond donors (Lipinski definition) is 1. The number of hydrogen-bond acceptors (Lipinski definition) is 5. The van der Waals surface area contributed by atoms with Crippen LogP contribution in [0.3, 0.4) is 0 Å². The number of methoxy groups -OCH3 is 1. The number of oxazole rings is 1. The first-order valence-electron chi connectivity index (χ1n) is 6.98. The number of aryl methyl sites for hydroxylation is 2. The van der Waals surface area contributed by atoms with Crippen molar-refractivity contribution in [3.63, 3.8) is 0 Å². The largest absolute Gasteiger partial charge is 0.496 e. The van der Waals surface area contributed by atoms with Crippen molar-refractivity contribution in [1.29, 1.82) is 0 Å². The Morgan fingerprint density at radius 1 is 1.26 bits per heavy atom. The lowest BCUT2D eigenvalue weighted by Crippen LogP contribution is -2.22. The number of nitrogens with one attached hydrogen (secondary N) is 1. The third-order valence-corrected chi connectivity index (χ3v) is 3.20. The van der Waals surface area contributed by atoms with E-state index in [0.717, 1.165) is 0 Å². The van der Waals surface area contributed by atoms with Crippen LogP contribution >= 0.6 is 0 Å². The molecule has 1 heterocycles. The Morgan fingerprint density at radius 3 is 2.48 bits per heavy atom. The van der Waals surface area contributed by atoms with Gasteiger partial charge in [0.05, 0.1) is 18.4 Å². The van der Waals surface area contributed by atoms with Gasteiger partial charge in [0.25, 0.3) is 11.8 Å². The van der Waals surface area contributed by atoms with Crippen LogP contribution in [0, 0.1) is 13.8 Å². The molecular weight excluding hydrogens is 298 g/mol. The maximum absolute atomic E-state index is 12.2. The van der Waals surface area contributed by atoms with E-state index in [-0.39, 0.29) is 11.7 Å². The van der Waals surface area contributed by atoms with Crippen molar-refractivity contribution in [2.45, 2.75) is 13.8 Å². The molecule has 1 aromatic heterocycles. The number of carbonyl (C=O) groups is 2. The van der Waals surface area contributed by atoms with Crippen molar-refractivity contribution in [3.05, 3.63) is 41.1 Å². The van der Waals surface area contributed by atoms with Crippen molar-refractivity contribution in [3.8, 4) is 5.75 Å². The fraction of sp³-hybridized carbons (Fsp3) is 0.312. The Balaban J connectivity index is 2.30. The SMILES string of the molecule is COc1ccc(NC(=O)c2oc(C)nc2C)cc1C(=O)N(C)C. The van der Waals surface area contributed by atoms with E-state index in [1.54, 1.807) is 46.1 Å². The lowest BCUT2D eigenvalue weighted by molar-refractivity contribution is 0.0824. The summed E-state index contributed by atoms with van der Waals surface area (Å²) in [5.74, 6) is 0.374. The number of rotatable bonds is 4. The zero-order valence-electron chi connectivity index (χ0n) is 13.8. The van der Waals surface area contributed by atoms with Gasteiger partial charge in [-0.05, 0) is 25.1 Å². The minimum atomic E-state index is -0.420. The van der Waals surface area contributed by atoms with Crippen molar-refractivity contribution in [2.75, 3.05) is 26.5 Å². The van der Waals surface area contributed by atoms with Gasteiger partial charge in [-0.3, -0.25) is 9.59 Å². The average Bonchev–Trinajstić information content (AvgIpc) is 2.85. The van der Waals surface area contributed by atoms with Crippen molar-refractivity contribution < 1.29 is 18.7 Å². The zero-order valence-corrected chi connectivity index (χ0v) is 13.8. The fourth-order valence-corrected chi connectivity index (χ4v) is 2.12. The highest BCUT2D eigenvalue weighted by Gasteiger charge is 2.19. The third kappa shape index (κ3) is 3.50. The number of benzene rings is 1. The quantitative estimate of drug-likeness (QED) is 0.935. The Bertz CT molecular complexity index is 750. The number of carbonyl (C=O) groups excluding carboxylic acids is 2. The summed E-state index contributed by atoms with van der Waals surface area (Å²) in [6, 6.07) is 4.85. The number of anilines is 1. The molecule has 0 saturated heterocycles. The second-order valence-corrected chi connectivity index (χ2v) is 5.22. The van der Waals surface area contributed by atoms with Crippen LogP contribution in [0.2, 0.25) is 0 Å². The highest BCUT2D eigenvalue weighted by molar-refractivity contribution is 6.04. The normalized spacial score (nSPS) is 10.3. The molecule has 0 radical (unpaired) electrons. The highest BCUT2D eigenvalue weighted by Crippen LogP contribution is 2.24. The minimum absolute atomic E-state index is 0.152. The molecule has 122 valence electrons. The monoisotopic (exact) mass is 317 g/mol. The van der Waals surface area contributed by atoms with E-state index in [1.807, 2.05) is 0 Å². The maximum atomic E-state index is 12.2. The predicted octanol–water partition coefficient (Wildman–Crippen LogP) is 2.25. The summed E-state index contributed by atoms with van der Waals surface area (Å²) in [4.78, 5) is 29.9. The summed E-state index contributed by atoms with van der Waals surface area (Å²) in [6.07, 6.45) is 0. The van der Waals surface area contributed by atoms with Crippen LogP contribution in [0.15, 0.2) is 22.6 Å². The van der Waals surface area contributed by atoms with E-state index in [2.05, 4.69) is 10.3 Å². The highest BCUT2D eigenvalue weighted by atomic mass is 16.5. The molecule has 2 aromatic rings. The van der Waals surface area contributed by atoms with Gasteiger partial charge in [-0.25, -0.2) is 4.98 Å². The van der Waals surface area contributed by atoms with Gasteiger partial charge in [0.1, 0.15) is 5.75 Å². The van der Waals surface area contributed by atoms with Crippen LogP contribution in [0.5, 0.6) is 5.75 Å². The molecule has 0 fully saturated rings. The van der Waals surface area contributed by atoms with Crippen LogP contribution in [-0.2, 0) is 0 Å². The molecule has 7 heteroatoms. The van der Waals surface area contributed by atoms with Gasteiger partial charge >= 0.3 is 0 Å². The summed E-state index contributed by atoms with van der Waals surface area (Å²) in [7, 11) is 4.78. The second-order valence-electron chi connectivity index (χ2n) is 5.22. The summed E-state index contributed by atoms with van der Waals surface area (Å²) in [6.45, 7) is 3.37. The van der Waals surface area contributed by atoms with Crippen LogP contribution < -0.4 is 10.1 Å². The predicted molar refractivity (Wildman–Crippen MR) is 84.9 cm³/mol. The van der Waals surface area contributed by atoms with Crippen LogP contribution in [0.1, 0.15) is 32.5 Å². The minimum Gasteiger partial charge on any atom is -0.496 e. The molecule has 23 heavy (non-hydrogen) atoms. The molecule has 0 spiro atoms. The Labute approximate surface area is 134 Å². The first-order chi connectivity index (χ1) is 10.8. The van der Waals surface area contributed by atoms with E-state index >= 15 is 0 Å². The summed E-state index contributed by atoms with van der Waals surface area (Å²) in [5.41, 5.74) is 1.34. The van der Waals surface area contributed by atoms with E-state index in [0.29, 0.717) is 28.6 Å². The average molecular weight is 317 g/mol. The molecule has 2 amide bonds. The molecule has 0 saturated carbocycles. The number of ether oxygens (including phenoxy) is 1. The molecule has 0 atom stereocenters. The Morgan fingerprint density at radius 2 is 1.96 bits per heavy atom. The Kier molecular flexibility index (Phi) is 4.68. The van der Waals surface area contributed by atoms with Gasteiger partial charge in [-0.2, -0.15) is 0 Å². The maximum Gasteiger partial charge on any atom is 0.293 e. The zero-order chi connectivity index (χ0) is 17.1. The molecule has 0 aliphatic heterocycles. The molecule has 1 N–H and O–H groups in total. The van der Waals surface area contributed by atoms with Crippen molar-refractivity contribution in [1.82, 2.24) is 9.88 Å². The molecule has 0 aliphatic carbocycles. The van der Waals surface area contributed by atoms with Crippen LogP contribution in [0.25, 0.3) is 0 Å². The molecule has 2 rings (SSSR count). The topological polar surface area (TPSA) is 84.7 Å². The van der Waals surface area contributed by atoms with Crippen molar-refractivity contribution >= 4 is 17.5 Å². The summed E-state index contributed by atoms with van der Waals surface area (Å²) < 4.78 is 10.5.